The molecule has 4 nitrogen and oxygen atoms in total. The molecule has 0 spiro atoms. The summed E-state index contributed by atoms with van der Waals surface area (Å²) in [5, 5.41) is 0.645. The van der Waals surface area contributed by atoms with E-state index < -0.39 is 0 Å². The molecule has 2 N–H and O–H groups in total. The summed E-state index contributed by atoms with van der Waals surface area (Å²) in [6.07, 6.45) is 3.88. The molecular weight excluding hydrogens is 288 g/mol. The molecule has 21 heavy (non-hydrogen) atoms. The fourth-order valence-electron chi connectivity index (χ4n) is 2.57. The first-order chi connectivity index (χ1) is 10.0. The number of hydrogen-bond acceptors (Lipinski definition) is 3. The first-order valence-corrected chi connectivity index (χ1v) is 7.75. The standard InChI is InChI=1S/C16H23ClN2O2/c1-19(15(20)11-16(12-18)6-3-7-16)8-9-21-14-5-2-4-13(17)10-14/h2,4-5,10H,3,6-9,11-12,18H2,1H3. The highest BCUT2D eigenvalue weighted by Gasteiger charge is 2.38. The minimum atomic E-state index is 0.0547. The molecule has 1 amide bonds. The van der Waals surface area contributed by atoms with Gasteiger partial charge in [-0.3, -0.25) is 4.79 Å². The molecule has 0 saturated heterocycles. The molecule has 1 aliphatic rings. The highest BCUT2D eigenvalue weighted by molar-refractivity contribution is 6.30. The number of benzene rings is 1. The van der Waals surface area contributed by atoms with E-state index in [1.807, 2.05) is 19.2 Å². The Kier molecular flexibility index (Phi) is 5.48. The van der Waals surface area contributed by atoms with Crippen LogP contribution in [0.4, 0.5) is 0 Å². The zero-order valence-corrected chi connectivity index (χ0v) is 13.2. The Balaban J connectivity index is 1.74. The molecule has 1 aromatic rings. The van der Waals surface area contributed by atoms with Crippen LogP contribution in [0.25, 0.3) is 0 Å². The lowest BCUT2D eigenvalue weighted by atomic mass is 9.66. The average Bonchev–Trinajstić information content (AvgIpc) is 2.42. The average molecular weight is 311 g/mol. The predicted octanol–water partition coefficient (Wildman–Crippen LogP) is 2.70. The number of amides is 1. The van der Waals surface area contributed by atoms with Crippen molar-refractivity contribution in [1.29, 1.82) is 0 Å². The Morgan fingerprint density at radius 3 is 2.81 bits per heavy atom. The summed E-state index contributed by atoms with van der Waals surface area (Å²) in [7, 11) is 1.81. The van der Waals surface area contributed by atoms with E-state index in [0.29, 0.717) is 31.1 Å². The van der Waals surface area contributed by atoms with Crippen LogP contribution in [-0.4, -0.2) is 37.6 Å². The fourth-order valence-corrected chi connectivity index (χ4v) is 2.75. The van der Waals surface area contributed by atoms with Gasteiger partial charge in [0.1, 0.15) is 12.4 Å². The van der Waals surface area contributed by atoms with E-state index in [1.54, 1.807) is 17.0 Å². The van der Waals surface area contributed by atoms with Crippen molar-refractivity contribution in [2.45, 2.75) is 25.7 Å². The van der Waals surface area contributed by atoms with E-state index in [2.05, 4.69) is 0 Å². The third-order valence-corrected chi connectivity index (χ3v) is 4.53. The molecule has 0 atom stereocenters. The summed E-state index contributed by atoms with van der Waals surface area (Å²) in [6.45, 7) is 1.62. The van der Waals surface area contributed by atoms with E-state index in [4.69, 9.17) is 22.1 Å². The van der Waals surface area contributed by atoms with Crippen LogP contribution >= 0.6 is 11.6 Å². The number of carbonyl (C=O) groups is 1. The van der Waals surface area contributed by atoms with Gasteiger partial charge in [-0.05, 0) is 43.0 Å². The Bertz CT molecular complexity index is 483. The van der Waals surface area contributed by atoms with Crippen LogP contribution in [0.2, 0.25) is 5.02 Å². The normalized spacial score (nSPS) is 16.1. The maximum Gasteiger partial charge on any atom is 0.223 e. The van der Waals surface area contributed by atoms with Crippen LogP contribution in [0, 0.1) is 5.41 Å². The molecular formula is C16H23ClN2O2. The van der Waals surface area contributed by atoms with E-state index in [-0.39, 0.29) is 11.3 Å². The Hall–Kier alpha value is -1.26. The Labute approximate surface area is 131 Å². The van der Waals surface area contributed by atoms with Crippen LogP contribution in [0.5, 0.6) is 5.75 Å². The van der Waals surface area contributed by atoms with Gasteiger partial charge >= 0.3 is 0 Å². The molecule has 0 bridgehead atoms. The van der Waals surface area contributed by atoms with Gasteiger partial charge in [-0.1, -0.05) is 24.1 Å². The minimum absolute atomic E-state index is 0.0547. The highest BCUT2D eigenvalue weighted by Crippen LogP contribution is 2.43. The van der Waals surface area contributed by atoms with Gasteiger partial charge in [0.15, 0.2) is 0 Å². The van der Waals surface area contributed by atoms with Gasteiger partial charge in [0.05, 0.1) is 6.54 Å². The van der Waals surface area contributed by atoms with Gasteiger partial charge in [-0.25, -0.2) is 0 Å². The van der Waals surface area contributed by atoms with Crippen LogP contribution in [0.3, 0.4) is 0 Å². The number of ether oxygens (including phenoxy) is 1. The maximum atomic E-state index is 12.2. The van der Waals surface area contributed by atoms with Crippen LogP contribution < -0.4 is 10.5 Å². The molecule has 1 aromatic carbocycles. The molecule has 0 heterocycles. The minimum Gasteiger partial charge on any atom is -0.492 e. The Morgan fingerprint density at radius 1 is 1.48 bits per heavy atom. The van der Waals surface area contributed by atoms with Crippen LogP contribution in [0.1, 0.15) is 25.7 Å². The number of carbonyl (C=O) groups excluding carboxylic acids is 1. The van der Waals surface area contributed by atoms with Crippen molar-refractivity contribution in [1.82, 2.24) is 4.90 Å². The van der Waals surface area contributed by atoms with Gasteiger partial charge in [0.25, 0.3) is 0 Å². The van der Waals surface area contributed by atoms with Gasteiger partial charge in [-0.15, -0.1) is 0 Å². The van der Waals surface area contributed by atoms with Gasteiger partial charge in [-0.2, -0.15) is 0 Å². The molecule has 1 fully saturated rings. The number of rotatable bonds is 7. The van der Waals surface area contributed by atoms with Gasteiger partial charge in [0, 0.05) is 18.5 Å². The molecule has 0 aromatic heterocycles. The van der Waals surface area contributed by atoms with Crippen molar-refractivity contribution >= 4 is 17.5 Å². The van der Waals surface area contributed by atoms with Crippen molar-refractivity contribution in [3.63, 3.8) is 0 Å². The fraction of sp³-hybridized carbons (Fsp3) is 0.562. The number of likely N-dealkylation sites (N-methyl/N-ethyl adjacent to an activating group) is 1. The second-order valence-electron chi connectivity index (χ2n) is 5.86. The van der Waals surface area contributed by atoms with Crippen LogP contribution in [-0.2, 0) is 4.79 Å². The second kappa shape index (κ2) is 7.14. The lowest BCUT2D eigenvalue weighted by molar-refractivity contribution is -0.134. The van der Waals surface area contributed by atoms with Crippen LogP contribution in [0.15, 0.2) is 24.3 Å². The number of hydrogen-bond donors (Lipinski definition) is 1. The summed E-state index contributed by atoms with van der Waals surface area (Å²) in [4.78, 5) is 13.9. The molecule has 0 unspecified atom stereocenters. The quantitative estimate of drug-likeness (QED) is 0.842. The van der Waals surface area contributed by atoms with Crippen molar-refractivity contribution in [3.8, 4) is 5.75 Å². The summed E-state index contributed by atoms with van der Waals surface area (Å²) in [5.74, 6) is 0.871. The smallest absolute Gasteiger partial charge is 0.223 e. The van der Waals surface area contributed by atoms with Crippen molar-refractivity contribution < 1.29 is 9.53 Å². The maximum absolute atomic E-state index is 12.2. The zero-order chi connectivity index (χ0) is 15.3. The summed E-state index contributed by atoms with van der Waals surface area (Å²) in [6, 6.07) is 7.26. The molecule has 0 aliphatic heterocycles. The number of nitrogens with two attached hydrogens (primary N) is 1. The lowest BCUT2D eigenvalue weighted by Gasteiger charge is -2.41. The first kappa shape index (κ1) is 16.1. The van der Waals surface area contributed by atoms with E-state index in [9.17, 15) is 4.79 Å². The third-order valence-electron chi connectivity index (χ3n) is 4.29. The molecule has 5 heteroatoms. The number of nitrogens with zero attached hydrogens (tertiary/aromatic N) is 1. The van der Waals surface area contributed by atoms with Gasteiger partial charge in [0.2, 0.25) is 5.91 Å². The van der Waals surface area contributed by atoms with Crippen molar-refractivity contribution in [2.24, 2.45) is 11.1 Å². The molecule has 0 radical (unpaired) electrons. The predicted molar refractivity (Wildman–Crippen MR) is 84.5 cm³/mol. The molecule has 1 aliphatic carbocycles. The summed E-state index contributed by atoms with van der Waals surface area (Å²) in [5.41, 5.74) is 5.85. The van der Waals surface area contributed by atoms with E-state index in [1.165, 1.54) is 6.42 Å². The molecule has 2 rings (SSSR count). The summed E-state index contributed by atoms with van der Waals surface area (Å²) >= 11 is 5.89. The van der Waals surface area contributed by atoms with Gasteiger partial charge < -0.3 is 15.4 Å². The summed E-state index contributed by atoms with van der Waals surface area (Å²) < 4.78 is 5.60. The van der Waals surface area contributed by atoms with Crippen molar-refractivity contribution in [2.75, 3.05) is 26.7 Å². The molecule has 116 valence electrons. The molecule has 1 saturated carbocycles. The Morgan fingerprint density at radius 2 is 2.24 bits per heavy atom. The highest BCUT2D eigenvalue weighted by atomic mass is 35.5. The largest absolute Gasteiger partial charge is 0.492 e. The first-order valence-electron chi connectivity index (χ1n) is 7.37. The van der Waals surface area contributed by atoms with E-state index >= 15 is 0 Å². The third kappa shape index (κ3) is 4.35. The topological polar surface area (TPSA) is 55.6 Å². The second-order valence-corrected chi connectivity index (χ2v) is 6.29. The van der Waals surface area contributed by atoms with E-state index in [0.717, 1.165) is 18.6 Å². The number of halogens is 1. The SMILES string of the molecule is CN(CCOc1cccc(Cl)c1)C(=O)CC1(CN)CCC1. The lowest BCUT2D eigenvalue weighted by Crippen LogP contribution is -2.43. The zero-order valence-electron chi connectivity index (χ0n) is 12.5. The van der Waals surface area contributed by atoms with Crippen molar-refractivity contribution in [3.05, 3.63) is 29.3 Å². The monoisotopic (exact) mass is 310 g/mol.